The van der Waals surface area contributed by atoms with E-state index in [-0.39, 0.29) is 19.3 Å². The van der Waals surface area contributed by atoms with Gasteiger partial charge in [0.05, 0.1) is 6.42 Å². The molecule has 1 heterocycles. The Morgan fingerprint density at radius 1 is 1.46 bits per heavy atom. The van der Waals surface area contributed by atoms with Gasteiger partial charge in [0.25, 0.3) is 11.8 Å². The van der Waals surface area contributed by atoms with E-state index in [1.807, 2.05) is 0 Å². The first kappa shape index (κ1) is 9.44. The van der Waals surface area contributed by atoms with Gasteiger partial charge in [0.2, 0.25) is 0 Å². The molecule has 1 aliphatic rings. The summed E-state index contributed by atoms with van der Waals surface area (Å²) >= 11 is 0. The molecule has 0 spiro atoms. The summed E-state index contributed by atoms with van der Waals surface area (Å²) in [7, 11) is 0. The van der Waals surface area contributed by atoms with Crippen LogP contribution in [0.2, 0.25) is 0 Å². The van der Waals surface area contributed by atoms with Gasteiger partial charge in [-0.15, -0.1) is 11.6 Å². The molecule has 1 aliphatic heterocycles. The van der Waals surface area contributed by atoms with Crippen LogP contribution < -0.4 is 0 Å². The lowest BCUT2D eigenvalue weighted by Gasteiger charge is -2.11. The number of amides is 2. The van der Waals surface area contributed by atoms with Gasteiger partial charge in [-0.3, -0.25) is 9.59 Å². The molecule has 1 saturated heterocycles. The predicted molar refractivity (Wildman–Crippen MR) is 42.0 cm³/mol. The third kappa shape index (κ3) is 2.14. The first-order valence-electron chi connectivity index (χ1n) is 3.82. The van der Waals surface area contributed by atoms with Gasteiger partial charge in [0.15, 0.2) is 0 Å². The van der Waals surface area contributed by atoms with Crippen LogP contribution in [-0.2, 0) is 19.2 Å². The van der Waals surface area contributed by atoms with Crippen molar-refractivity contribution in [2.75, 3.05) is 0 Å². The zero-order valence-electron chi connectivity index (χ0n) is 6.99. The summed E-state index contributed by atoms with van der Waals surface area (Å²) < 4.78 is 0. The van der Waals surface area contributed by atoms with Crippen molar-refractivity contribution in [3.8, 4) is 0 Å². The Bertz CT molecular complexity index is 255. The zero-order valence-corrected chi connectivity index (χ0v) is 6.99. The maximum Gasteiger partial charge on any atom is 0.336 e. The van der Waals surface area contributed by atoms with Crippen molar-refractivity contribution in [1.82, 2.24) is 5.06 Å². The highest BCUT2D eigenvalue weighted by atomic mass is 16.7. The average Bonchev–Trinajstić information content (AvgIpc) is 2.36. The van der Waals surface area contributed by atoms with Crippen molar-refractivity contribution in [3.63, 3.8) is 0 Å². The molecule has 0 aromatic carbocycles. The third-order valence-corrected chi connectivity index (χ3v) is 1.51. The molecule has 1 rings (SSSR count). The Hall–Kier alpha value is -1.65. The van der Waals surface area contributed by atoms with Crippen molar-refractivity contribution < 1.29 is 19.2 Å². The van der Waals surface area contributed by atoms with Gasteiger partial charge in [-0.25, -0.2) is 4.79 Å². The smallest absolute Gasteiger partial charge is 0.330 e. The number of rotatable bonds is 3. The van der Waals surface area contributed by atoms with Gasteiger partial charge in [-0.05, 0) is 0 Å². The number of nitrogens with zero attached hydrogens (tertiary/aromatic N) is 1. The summed E-state index contributed by atoms with van der Waals surface area (Å²) in [5.41, 5.74) is 0. The summed E-state index contributed by atoms with van der Waals surface area (Å²) in [6.07, 6.45) is 1.55. The Morgan fingerprint density at radius 3 is 2.46 bits per heavy atom. The number of hydroxylamine groups is 2. The van der Waals surface area contributed by atoms with Crippen molar-refractivity contribution in [2.45, 2.75) is 19.3 Å². The lowest BCUT2D eigenvalue weighted by molar-refractivity contribution is -0.196. The van der Waals surface area contributed by atoms with Gasteiger partial charge in [0.1, 0.15) is 0 Å². The Morgan fingerprint density at radius 2 is 2.00 bits per heavy atom. The van der Waals surface area contributed by atoms with Gasteiger partial charge >= 0.3 is 5.97 Å². The highest BCUT2D eigenvalue weighted by molar-refractivity contribution is 6.01. The first-order valence-corrected chi connectivity index (χ1v) is 3.82. The normalized spacial score (nSPS) is 16.2. The van der Waals surface area contributed by atoms with Crippen LogP contribution in [0.4, 0.5) is 0 Å². The van der Waals surface area contributed by atoms with E-state index in [1.165, 1.54) is 6.08 Å². The molecule has 1 fully saturated rings. The lowest BCUT2D eigenvalue weighted by atomic mass is 10.4. The molecule has 70 valence electrons. The SMILES string of the molecule is C=CCC(=O)ON1C(=O)CCC1=O. The van der Waals surface area contributed by atoms with E-state index in [4.69, 9.17) is 0 Å². The summed E-state index contributed by atoms with van der Waals surface area (Å²) in [6, 6.07) is 0. The summed E-state index contributed by atoms with van der Waals surface area (Å²) in [4.78, 5) is 37.2. The molecule has 5 heteroatoms. The summed E-state index contributed by atoms with van der Waals surface area (Å²) in [5, 5.41) is 0.520. The molecule has 0 N–H and O–H groups in total. The molecule has 0 unspecified atom stereocenters. The molecule has 0 aromatic heterocycles. The maximum atomic E-state index is 10.9. The van der Waals surface area contributed by atoms with Gasteiger partial charge in [0, 0.05) is 12.8 Å². The Labute approximate surface area is 74.9 Å². The monoisotopic (exact) mass is 183 g/mol. The number of carbonyl (C=O) groups is 3. The summed E-state index contributed by atoms with van der Waals surface area (Å²) in [6.45, 7) is 3.32. The Balaban J connectivity index is 2.52. The van der Waals surface area contributed by atoms with E-state index < -0.39 is 17.8 Å². The van der Waals surface area contributed by atoms with Crippen molar-refractivity contribution in [2.24, 2.45) is 0 Å². The lowest BCUT2D eigenvalue weighted by Crippen LogP contribution is -2.31. The van der Waals surface area contributed by atoms with Crippen molar-refractivity contribution in [1.29, 1.82) is 0 Å². The molecular formula is C8H9NO4. The minimum Gasteiger partial charge on any atom is -0.330 e. The quantitative estimate of drug-likeness (QED) is 0.462. The van der Waals surface area contributed by atoms with Crippen LogP contribution in [0, 0.1) is 0 Å². The third-order valence-electron chi connectivity index (χ3n) is 1.51. The van der Waals surface area contributed by atoms with E-state index >= 15 is 0 Å². The predicted octanol–water partition coefficient (Wildman–Crippen LogP) is 0.170. The van der Waals surface area contributed by atoms with Gasteiger partial charge in [-0.2, -0.15) is 0 Å². The first-order chi connectivity index (χ1) is 6.15. The number of hydrogen-bond acceptors (Lipinski definition) is 4. The van der Waals surface area contributed by atoms with Crippen molar-refractivity contribution >= 4 is 17.8 Å². The molecule has 0 aliphatic carbocycles. The van der Waals surface area contributed by atoms with E-state index in [9.17, 15) is 14.4 Å². The fraction of sp³-hybridized carbons (Fsp3) is 0.375. The number of carbonyl (C=O) groups excluding carboxylic acids is 3. The van der Waals surface area contributed by atoms with E-state index in [0.717, 1.165) is 0 Å². The fourth-order valence-electron chi connectivity index (χ4n) is 0.915. The molecule has 0 radical (unpaired) electrons. The van der Waals surface area contributed by atoms with Crippen LogP contribution in [0.3, 0.4) is 0 Å². The minimum absolute atomic E-state index is 0.0168. The second kappa shape index (κ2) is 3.84. The van der Waals surface area contributed by atoms with Crippen LogP contribution in [-0.4, -0.2) is 22.8 Å². The van der Waals surface area contributed by atoms with Crippen LogP contribution in [0.25, 0.3) is 0 Å². The van der Waals surface area contributed by atoms with Crippen LogP contribution in [0.5, 0.6) is 0 Å². The van der Waals surface area contributed by atoms with Gasteiger partial charge < -0.3 is 4.84 Å². The maximum absolute atomic E-state index is 10.9. The molecular weight excluding hydrogens is 174 g/mol. The highest BCUT2D eigenvalue weighted by Crippen LogP contribution is 2.12. The number of imide groups is 1. The number of hydrogen-bond donors (Lipinski definition) is 0. The topological polar surface area (TPSA) is 63.7 Å². The fourth-order valence-corrected chi connectivity index (χ4v) is 0.915. The zero-order chi connectivity index (χ0) is 9.84. The molecule has 5 nitrogen and oxygen atoms in total. The largest absolute Gasteiger partial charge is 0.336 e. The summed E-state index contributed by atoms with van der Waals surface area (Å²) in [5.74, 6) is -1.59. The van der Waals surface area contributed by atoms with Crippen LogP contribution in [0.1, 0.15) is 19.3 Å². The van der Waals surface area contributed by atoms with Crippen LogP contribution >= 0.6 is 0 Å². The molecule has 0 bridgehead atoms. The molecule has 13 heavy (non-hydrogen) atoms. The van der Waals surface area contributed by atoms with E-state index in [1.54, 1.807) is 0 Å². The highest BCUT2D eigenvalue weighted by Gasteiger charge is 2.32. The Kier molecular flexibility index (Phi) is 2.79. The minimum atomic E-state index is -0.654. The average molecular weight is 183 g/mol. The van der Waals surface area contributed by atoms with E-state index in [0.29, 0.717) is 5.06 Å². The van der Waals surface area contributed by atoms with Gasteiger partial charge in [-0.1, -0.05) is 6.08 Å². The standard InChI is InChI=1S/C8H9NO4/c1-2-3-8(12)13-9-6(10)4-5-7(9)11/h2H,1,3-5H2. The molecule has 2 amide bonds. The molecule has 0 atom stereocenters. The van der Waals surface area contributed by atoms with E-state index in [2.05, 4.69) is 11.4 Å². The van der Waals surface area contributed by atoms with Crippen molar-refractivity contribution in [3.05, 3.63) is 12.7 Å². The second-order valence-corrected chi connectivity index (χ2v) is 2.54. The molecule has 0 saturated carbocycles. The molecule has 0 aromatic rings. The second-order valence-electron chi connectivity index (χ2n) is 2.54. The van der Waals surface area contributed by atoms with Crippen LogP contribution in [0.15, 0.2) is 12.7 Å².